The molecular weight excluding hydrogens is 362 g/mol. The smallest absolute Gasteiger partial charge is 0.254 e. The summed E-state index contributed by atoms with van der Waals surface area (Å²) in [6, 6.07) is 4.58. The number of rotatable bonds is 7. The molecule has 0 aliphatic carbocycles. The molecule has 140 valence electrons. The summed E-state index contributed by atoms with van der Waals surface area (Å²) in [5, 5.41) is 6.48. The summed E-state index contributed by atoms with van der Waals surface area (Å²) in [6.45, 7) is 3.77. The zero-order chi connectivity index (χ0) is 19.3. The summed E-state index contributed by atoms with van der Waals surface area (Å²) in [5.74, 6) is 0.784. The van der Waals surface area contributed by atoms with Gasteiger partial charge in [-0.3, -0.25) is 9.59 Å². The minimum absolute atomic E-state index is 0.169. The molecule has 0 aliphatic rings. The van der Waals surface area contributed by atoms with Crippen LogP contribution in [-0.4, -0.2) is 49.2 Å². The standard InChI is InChI=1S/C17H20ClN3O5/c1-5-25-16-12(18)7-11(8-13(16)24-4)17(23)21(3)9-15(22)19-14-6-10(2)26-20-14/h6-8H,5,9H2,1-4H3,(H,19,20,22). The quantitative estimate of drug-likeness (QED) is 0.792. The number of halogens is 1. The molecule has 26 heavy (non-hydrogen) atoms. The van der Waals surface area contributed by atoms with E-state index in [-0.39, 0.29) is 23.0 Å². The average Bonchev–Trinajstić information content (AvgIpc) is 3.00. The van der Waals surface area contributed by atoms with E-state index in [0.29, 0.717) is 29.7 Å². The van der Waals surface area contributed by atoms with Crippen LogP contribution in [0.4, 0.5) is 5.82 Å². The van der Waals surface area contributed by atoms with E-state index in [2.05, 4.69) is 10.5 Å². The Bertz CT molecular complexity index is 806. The summed E-state index contributed by atoms with van der Waals surface area (Å²) in [5.41, 5.74) is 0.280. The molecule has 0 unspecified atom stereocenters. The van der Waals surface area contributed by atoms with Crippen LogP contribution in [0.15, 0.2) is 22.7 Å². The van der Waals surface area contributed by atoms with Gasteiger partial charge in [0.2, 0.25) is 5.91 Å². The zero-order valence-corrected chi connectivity index (χ0v) is 15.7. The molecule has 0 bridgehead atoms. The van der Waals surface area contributed by atoms with Gasteiger partial charge in [0.05, 0.1) is 25.3 Å². The lowest BCUT2D eigenvalue weighted by Crippen LogP contribution is -2.35. The molecule has 0 saturated heterocycles. The van der Waals surface area contributed by atoms with Crippen molar-refractivity contribution in [2.24, 2.45) is 0 Å². The van der Waals surface area contributed by atoms with Crippen molar-refractivity contribution in [2.45, 2.75) is 13.8 Å². The highest BCUT2D eigenvalue weighted by molar-refractivity contribution is 6.32. The van der Waals surface area contributed by atoms with Crippen LogP contribution in [0.2, 0.25) is 5.02 Å². The van der Waals surface area contributed by atoms with Crippen molar-refractivity contribution in [3.63, 3.8) is 0 Å². The number of amides is 2. The second-order valence-corrected chi connectivity index (χ2v) is 5.86. The van der Waals surface area contributed by atoms with Crippen molar-refractivity contribution in [1.82, 2.24) is 10.1 Å². The SMILES string of the molecule is CCOc1c(Cl)cc(C(=O)N(C)CC(=O)Nc2cc(C)on2)cc1OC. The third kappa shape index (κ3) is 4.66. The molecule has 1 aromatic carbocycles. The van der Waals surface area contributed by atoms with Gasteiger partial charge in [-0.25, -0.2) is 0 Å². The summed E-state index contributed by atoms with van der Waals surface area (Å²) in [7, 11) is 2.96. The number of nitrogens with zero attached hydrogens (tertiary/aromatic N) is 2. The summed E-state index contributed by atoms with van der Waals surface area (Å²) in [4.78, 5) is 25.9. The Morgan fingerprint density at radius 2 is 2.08 bits per heavy atom. The molecule has 0 radical (unpaired) electrons. The van der Waals surface area contributed by atoms with Crippen LogP contribution >= 0.6 is 11.6 Å². The van der Waals surface area contributed by atoms with Crippen LogP contribution in [0.1, 0.15) is 23.0 Å². The van der Waals surface area contributed by atoms with Gasteiger partial charge in [0.1, 0.15) is 5.76 Å². The number of aromatic nitrogens is 1. The minimum atomic E-state index is -0.404. The van der Waals surface area contributed by atoms with Gasteiger partial charge < -0.3 is 24.2 Å². The van der Waals surface area contributed by atoms with Gasteiger partial charge >= 0.3 is 0 Å². The van der Waals surface area contributed by atoms with Crippen LogP contribution < -0.4 is 14.8 Å². The lowest BCUT2D eigenvalue weighted by molar-refractivity contribution is -0.116. The molecule has 2 rings (SSSR count). The molecule has 0 spiro atoms. The summed E-state index contributed by atoms with van der Waals surface area (Å²) in [6.07, 6.45) is 0. The molecule has 2 aromatic rings. The number of aryl methyl sites for hydroxylation is 1. The molecule has 1 aromatic heterocycles. The third-order valence-electron chi connectivity index (χ3n) is 3.39. The molecule has 0 aliphatic heterocycles. The molecular formula is C17H20ClN3O5. The van der Waals surface area contributed by atoms with E-state index in [1.165, 1.54) is 31.2 Å². The van der Waals surface area contributed by atoms with Gasteiger partial charge in [0.25, 0.3) is 5.91 Å². The highest BCUT2D eigenvalue weighted by Crippen LogP contribution is 2.36. The van der Waals surface area contributed by atoms with Crippen molar-refractivity contribution >= 4 is 29.2 Å². The number of benzene rings is 1. The first-order valence-corrected chi connectivity index (χ1v) is 8.22. The largest absolute Gasteiger partial charge is 0.493 e. The maximum absolute atomic E-state index is 12.6. The highest BCUT2D eigenvalue weighted by atomic mass is 35.5. The van der Waals surface area contributed by atoms with E-state index < -0.39 is 5.91 Å². The Morgan fingerprint density at radius 3 is 2.65 bits per heavy atom. The van der Waals surface area contributed by atoms with E-state index in [0.717, 1.165) is 0 Å². The van der Waals surface area contributed by atoms with Crippen LogP contribution in [0, 0.1) is 6.92 Å². The second-order valence-electron chi connectivity index (χ2n) is 5.45. The molecule has 1 heterocycles. The van der Waals surface area contributed by atoms with E-state index in [4.69, 9.17) is 25.6 Å². The number of likely N-dealkylation sites (N-methyl/N-ethyl adjacent to an activating group) is 1. The van der Waals surface area contributed by atoms with Crippen LogP contribution in [0.25, 0.3) is 0 Å². The zero-order valence-electron chi connectivity index (χ0n) is 15.0. The van der Waals surface area contributed by atoms with E-state index in [1.54, 1.807) is 13.0 Å². The van der Waals surface area contributed by atoms with Crippen LogP contribution in [0.3, 0.4) is 0 Å². The Labute approximate surface area is 156 Å². The molecule has 0 fully saturated rings. The van der Waals surface area contributed by atoms with Gasteiger partial charge in [-0.2, -0.15) is 0 Å². The number of hydrogen-bond donors (Lipinski definition) is 1. The first-order chi connectivity index (χ1) is 12.3. The van der Waals surface area contributed by atoms with Crippen molar-refractivity contribution in [3.8, 4) is 11.5 Å². The number of anilines is 1. The number of carbonyl (C=O) groups excluding carboxylic acids is 2. The lowest BCUT2D eigenvalue weighted by atomic mass is 10.1. The Balaban J connectivity index is 2.09. The monoisotopic (exact) mass is 381 g/mol. The second kappa shape index (κ2) is 8.57. The van der Waals surface area contributed by atoms with Crippen molar-refractivity contribution in [2.75, 3.05) is 32.6 Å². The van der Waals surface area contributed by atoms with E-state index in [9.17, 15) is 9.59 Å². The predicted molar refractivity (Wildman–Crippen MR) is 96.0 cm³/mol. The topological polar surface area (TPSA) is 93.9 Å². The minimum Gasteiger partial charge on any atom is -0.493 e. The third-order valence-corrected chi connectivity index (χ3v) is 3.67. The van der Waals surface area contributed by atoms with E-state index in [1.807, 2.05) is 6.92 Å². The fraction of sp³-hybridized carbons (Fsp3) is 0.353. The van der Waals surface area contributed by atoms with Gasteiger partial charge in [-0.1, -0.05) is 16.8 Å². The highest BCUT2D eigenvalue weighted by Gasteiger charge is 2.20. The van der Waals surface area contributed by atoms with E-state index >= 15 is 0 Å². The predicted octanol–water partition coefficient (Wildman–Crippen LogP) is 2.75. The number of nitrogens with one attached hydrogen (secondary N) is 1. The Hall–Kier alpha value is -2.74. The fourth-order valence-corrected chi connectivity index (χ4v) is 2.51. The number of hydrogen-bond acceptors (Lipinski definition) is 6. The fourth-order valence-electron chi connectivity index (χ4n) is 2.24. The van der Waals surface area contributed by atoms with Gasteiger partial charge in [0.15, 0.2) is 17.3 Å². The Kier molecular flexibility index (Phi) is 6.46. The molecule has 0 atom stereocenters. The number of methoxy groups -OCH3 is 1. The normalized spacial score (nSPS) is 10.3. The maximum Gasteiger partial charge on any atom is 0.254 e. The summed E-state index contributed by atoms with van der Waals surface area (Å²) < 4.78 is 15.5. The van der Waals surface area contributed by atoms with Crippen molar-refractivity contribution in [1.29, 1.82) is 0 Å². The first-order valence-electron chi connectivity index (χ1n) is 7.84. The van der Waals surface area contributed by atoms with Crippen molar-refractivity contribution in [3.05, 3.63) is 34.5 Å². The molecule has 9 heteroatoms. The van der Waals surface area contributed by atoms with Gasteiger partial charge in [-0.15, -0.1) is 0 Å². The number of carbonyl (C=O) groups is 2. The van der Waals surface area contributed by atoms with Gasteiger partial charge in [-0.05, 0) is 26.0 Å². The molecule has 0 saturated carbocycles. The molecule has 1 N–H and O–H groups in total. The molecule has 8 nitrogen and oxygen atoms in total. The Morgan fingerprint density at radius 1 is 1.35 bits per heavy atom. The lowest BCUT2D eigenvalue weighted by Gasteiger charge is -2.18. The first kappa shape index (κ1) is 19.6. The van der Waals surface area contributed by atoms with Crippen molar-refractivity contribution < 1.29 is 23.6 Å². The summed E-state index contributed by atoms with van der Waals surface area (Å²) >= 11 is 6.18. The van der Waals surface area contributed by atoms with Crippen LogP contribution in [-0.2, 0) is 4.79 Å². The molecule has 2 amide bonds. The van der Waals surface area contributed by atoms with Gasteiger partial charge in [0, 0.05) is 18.7 Å². The number of ether oxygens (including phenoxy) is 2. The average molecular weight is 382 g/mol. The van der Waals surface area contributed by atoms with Crippen LogP contribution in [0.5, 0.6) is 11.5 Å². The maximum atomic E-state index is 12.6.